The second kappa shape index (κ2) is 39.4. The summed E-state index contributed by atoms with van der Waals surface area (Å²) in [5, 5.41) is 0. The Balaban J connectivity index is 3.00. The lowest BCUT2D eigenvalue weighted by Gasteiger charge is -2.09. The second-order valence-corrected chi connectivity index (χ2v) is 40.6. The molecule has 224 valence electrons. The quantitative estimate of drug-likeness (QED) is 0.0442. The molecule has 0 aliphatic carbocycles. The van der Waals surface area contributed by atoms with Gasteiger partial charge >= 0.3 is 0 Å². The average molecular weight is 862 g/mol. The molecule has 0 atom stereocenters. The van der Waals surface area contributed by atoms with Crippen LogP contribution in [0.25, 0.3) is 0 Å². The maximum Gasteiger partial charge on any atom is 0.286 e. The molecule has 0 saturated heterocycles. The van der Waals surface area contributed by atoms with Crippen molar-refractivity contribution in [3.05, 3.63) is 0 Å². The maximum atomic E-state index is 5.47. The highest BCUT2D eigenvalue weighted by molar-refractivity contribution is 6.51. The minimum absolute atomic E-state index is 0.737. The zero-order valence-electron chi connectivity index (χ0n) is 21.4. The van der Waals surface area contributed by atoms with Gasteiger partial charge in [0.2, 0.25) is 0 Å². The SMILES string of the molecule is [SiH3]O[SiH2]O[SiH2]O[SiH2]O[SiH2]O[SiH2]O[SiH2]O[SiH2]O[SiH2]O[SiH2]O[SiH2]O[SiH2]O[SiH2]O[SiH2]O[SiH2]O[SiH2]O[SiH2]O[SiH2]O[SiH3]. The molecule has 0 saturated carbocycles. The molecule has 18 nitrogen and oxygen atoms in total. The molecule has 0 aromatic heterocycles. The van der Waals surface area contributed by atoms with E-state index in [0.29, 0.717) is 0 Å². The van der Waals surface area contributed by atoms with Crippen molar-refractivity contribution in [1.82, 2.24) is 0 Å². The summed E-state index contributed by atoms with van der Waals surface area (Å²) in [4.78, 5) is 0. The Morgan fingerprint density at radius 2 is 0.297 bits per heavy atom. The van der Waals surface area contributed by atoms with Crippen molar-refractivity contribution in [1.29, 1.82) is 0 Å². The van der Waals surface area contributed by atoms with Crippen LogP contribution in [-0.2, 0) is 74.1 Å². The monoisotopic (exact) mass is 860 g/mol. The van der Waals surface area contributed by atoms with E-state index in [-0.39, 0.29) is 0 Å². The van der Waals surface area contributed by atoms with Gasteiger partial charge in [0.05, 0.1) is 0 Å². The molecule has 0 bridgehead atoms. The van der Waals surface area contributed by atoms with Crippen LogP contribution >= 0.6 is 0 Å². The summed E-state index contributed by atoms with van der Waals surface area (Å²) in [6.07, 6.45) is 0. The number of hydrogen-bond acceptors (Lipinski definition) is 18. The lowest BCUT2D eigenvalue weighted by molar-refractivity contribution is 0.355. The standard InChI is InChI=1S/H40O18Si19/c19-1-21-3-23-5-25-7-27-9-29-11-31-13-33-15-35-17-37-18-36-16-34-14-32-12-30-10-28-8-26-6-24-4-22-2-20/h21-37H2,19-20H3. The van der Waals surface area contributed by atoms with Crippen LogP contribution in [0.3, 0.4) is 0 Å². The Bertz CT molecular complexity index is 362. The second-order valence-electron chi connectivity index (χ2n) is 5.85. The molecule has 0 aromatic carbocycles. The molecule has 0 rings (SSSR count). The molecule has 0 amide bonds. The van der Waals surface area contributed by atoms with E-state index in [1.807, 2.05) is 0 Å². The predicted octanol–water partition coefficient (Wildman–Crippen LogP) is -19.2. The maximum absolute atomic E-state index is 5.47. The van der Waals surface area contributed by atoms with Crippen LogP contribution in [0.4, 0.5) is 0 Å². The van der Waals surface area contributed by atoms with Gasteiger partial charge in [-0.05, 0) is 0 Å². The smallest absolute Gasteiger partial charge is 0.286 e. The first-order valence-electron chi connectivity index (χ1n) is 10.6. The molecule has 0 radical (unpaired) electrons. The van der Waals surface area contributed by atoms with E-state index >= 15 is 0 Å². The van der Waals surface area contributed by atoms with E-state index in [9.17, 15) is 0 Å². The first kappa shape index (κ1) is 40.4. The highest BCUT2D eigenvalue weighted by Gasteiger charge is 1.98. The summed E-state index contributed by atoms with van der Waals surface area (Å²) in [5.74, 6) is 0. The fourth-order valence-electron chi connectivity index (χ4n) is 1.59. The fraction of sp³-hybridized carbons (Fsp3) is 0. The van der Waals surface area contributed by atoms with Crippen LogP contribution < -0.4 is 0 Å². The molecule has 0 aliphatic rings. The Morgan fingerprint density at radius 3 is 0.405 bits per heavy atom. The van der Waals surface area contributed by atoms with Crippen LogP contribution in [0, 0.1) is 0 Å². The fourth-order valence-corrected chi connectivity index (χ4v) is 33.3. The Labute approximate surface area is 263 Å². The third kappa shape index (κ3) is 39.4. The third-order valence-corrected chi connectivity index (χ3v) is 26.1. The van der Waals surface area contributed by atoms with E-state index in [1.165, 1.54) is 0 Å². The largest absolute Gasteiger partial charge is 0.449 e. The average Bonchev–Trinajstić information content (AvgIpc) is 2.91. The van der Waals surface area contributed by atoms with E-state index in [0.717, 1.165) is 21.0 Å². The van der Waals surface area contributed by atoms with Crippen molar-refractivity contribution in [2.75, 3.05) is 0 Å². The number of hydrogen-bond donors (Lipinski definition) is 0. The molecule has 37 heteroatoms. The molecule has 0 heterocycles. The van der Waals surface area contributed by atoms with E-state index in [2.05, 4.69) is 0 Å². The van der Waals surface area contributed by atoms with Crippen molar-refractivity contribution in [2.24, 2.45) is 0 Å². The third-order valence-electron chi connectivity index (χ3n) is 2.90. The molecule has 0 unspecified atom stereocenters. The summed E-state index contributed by atoms with van der Waals surface area (Å²) >= 11 is 0. The molecule has 37 heavy (non-hydrogen) atoms. The van der Waals surface area contributed by atoms with Gasteiger partial charge in [-0.2, -0.15) is 0 Å². The minimum atomic E-state index is -1.03. The topological polar surface area (TPSA) is 166 Å². The Kier molecular flexibility index (Phi) is 43.0. The van der Waals surface area contributed by atoms with Crippen molar-refractivity contribution >= 4 is 191 Å². The van der Waals surface area contributed by atoms with Gasteiger partial charge < -0.3 is 74.1 Å². The van der Waals surface area contributed by atoms with Gasteiger partial charge in [0.15, 0.2) is 0 Å². The van der Waals surface area contributed by atoms with Crippen LogP contribution in [-0.4, -0.2) is 191 Å². The molecule has 0 fully saturated rings. The van der Waals surface area contributed by atoms with Gasteiger partial charge in [0.25, 0.3) is 170 Å². The summed E-state index contributed by atoms with van der Waals surface area (Å²) in [7, 11) is -14.8. The summed E-state index contributed by atoms with van der Waals surface area (Å²) in [6.45, 7) is 0. The first-order valence-corrected chi connectivity index (χ1v) is 31.9. The van der Waals surface area contributed by atoms with Crippen molar-refractivity contribution in [3.63, 3.8) is 0 Å². The van der Waals surface area contributed by atoms with Gasteiger partial charge in [-0.25, -0.2) is 0 Å². The summed E-state index contributed by atoms with van der Waals surface area (Å²) in [5.41, 5.74) is 0. The lowest BCUT2D eigenvalue weighted by atomic mass is 15.7. The molecule has 0 aliphatic heterocycles. The van der Waals surface area contributed by atoms with Gasteiger partial charge in [-0.15, -0.1) is 0 Å². The van der Waals surface area contributed by atoms with Gasteiger partial charge in [0.1, 0.15) is 21.0 Å². The van der Waals surface area contributed by atoms with Gasteiger partial charge in [-0.1, -0.05) is 0 Å². The molecular formula is H40O18Si19. The zero-order chi connectivity index (χ0) is 26.7. The Hall–Kier alpha value is 3.40. The van der Waals surface area contributed by atoms with Crippen molar-refractivity contribution in [2.45, 2.75) is 0 Å². The first-order chi connectivity index (χ1) is 18.4. The molecule has 0 spiro atoms. The highest BCUT2D eigenvalue weighted by atomic mass is 28.4. The molecule has 0 aromatic rings. The van der Waals surface area contributed by atoms with E-state index in [1.54, 1.807) is 0 Å². The highest BCUT2D eigenvalue weighted by Crippen LogP contribution is 1.80. The van der Waals surface area contributed by atoms with E-state index < -0.39 is 170 Å². The van der Waals surface area contributed by atoms with Crippen LogP contribution in [0.15, 0.2) is 0 Å². The van der Waals surface area contributed by atoms with E-state index in [4.69, 9.17) is 74.1 Å². The zero-order valence-corrected chi connectivity index (χ0v) is 49.4. The van der Waals surface area contributed by atoms with Crippen LogP contribution in [0.2, 0.25) is 0 Å². The summed E-state index contributed by atoms with van der Waals surface area (Å²) < 4.78 is 96.8. The van der Waals surface area contributed by atoms with Gasteiger partial charge in [0, 0.05) is 0 Å². The molecule has 0 N–H and O–H groups in total. The molecular weight excluding hydrogens is 822 g/mol. The van der Waals surface area contributed by atoms with Crippen molar-refractivity contribution < 1.29 is 74.1 Å². The van der Waals surface area contributed by atoms with Gasteiger partial charge in [-0.3, -0.25) is 0 Å². The minimum Gasteiger partial charge on any atom is -0.449 e. The van der Waals surface area contributed by atoms with Crippen LogP contribution in [0.5, 0.6) is 0 Å². The summed E-state index contributed by atoms with van der Waals surface area (Å²) in [6, 6.07) is 0. The lowest BCUT2D eigenvalue weighted by Crippen LogP contribution is -2.22. The van der Waals surface area contributed by atoms with Crippen molar-refractivity contribution in [3.8, 4) is 0 Å². The normalized spacial score (nSPS) is 17.2. The Morgan fingerprint density at radius 1 is 0.189 bits per heavy atom. The predicted molar refractivity (Wildman–Crippen MR) is 185 cm³/mol. The number of rotatable bonds is 34. The van der Waals surface area contributed by atoms with Crippen LogP contribution in [0.1, 0.15) is 0 Å².